The molecule has 1 aliphatic rings. The lowest BCUT2D eigenvalue weighted by molar-refractivity contribution is 0.734. The first-order valence-electron chi connectivity index (χ1n) is 5.93. The normalized spacial score (nSPS) is 19.6. The second kappa shape index (κ2) is 3.84. The van der Waals surface area contributed by atoms with Crippen LogP contribution in [0.25, 0.3) is 16.7 Å². The fraction of sp³-hybridized carbons (Fsp3) is 0.286. The van der Waals surface area contributed by atoms with Crippen LogP contribution in [0.3, 0.4) is 0 Å². The Morgan fingerprint density at radius 3 is 3.06 bits per heavy atom. The van der Waals surface area contributed by atoms with Crippen LogP contribution in [0.2, 0.25) is 0 Å². The second-order valence-electron chi connectivity index (χ2n) is 4.56. The van der Waals surface area contributed by atoms with Crippen molar-refractivity contribution in [2.24, 2.45) is 5.92 Å². The molecular formula is C14H15N3. The van der Waals surface area contributed by atoms with Crippen molar-refractivity contribution in [1.82, 2.24) is 14.5 Å². The zero-order valence-electron chi connectivity index (χ0n) is 10.1. The lowest BCUT2D eigenvalue weighted by Gasteiger charge is -2.14. The summed E-state index contributed by atoms with van der Waals surface area (Å²) < 4.78 is 2.19. The van der Waals surface area contributed by atoms with Crippen molar-refractivity contribution in [2.75, 3.05) is 0 Å². The van der Waals surface area contributed by atoms with E-state index < -0.39 is 0 Å². The highest BCUT2D eigenvalue weighted by Crippen LogP contribution is 2.24. The number of imidazole rings is 1. The van der Waals surface area contributed by atoms with E-state index in [4.69, 9.17) is 0 Å². The summed E-state index contributed by atoms with van der Waals surface area (Å²) in [6, 6.07) is 2.02. The Morgan fingerprint density at radius 1 is 1.41 bits per heavy atom. The molecule has 3 rings (SSSR count). The van der Waals surface area contributed by atoms with E-state index in [2.05, 4.69) is 39.7 Å². The maximum absolute atomic E-state index is 4.53. The van der Waals surface area contributed by atoms with Gasteiger partial charge in [0.15, 0.2) is 0 Å². The van der Waals surface area contributed by atoms with Crippen molar-refractivity contribution in [3.63, 3.8) is 0 Å². The van der Waals surface area contributed by atoms with Crippen molar-refractivity contribution in [1.29, 1.82) is 0 Å². The number of allylic oxidation sites excluding steroid dienone is 4. The summed E-state index contributed by atoms with van der Waals surface area (Å²) >= 11 is 0. The van der Waals surface area contributed by atoms with Gasteiger partial charge in [0.05, 0.1) is 11.7 Å². The molecule has 0 spiro atoms. The Balaban J connectivity index is 2.18. The topological polar surface area (TPSA) is 30.7 Å². The molecule has 1 atom stereocenters. The van der Waals surface area contributed by atoms with Gasteiger partial charge in [-0.05, 0) is 31.4 Å². The van der Waals surface area contributed by atoms with E-state index in [0.717, 1.165) is 23.3 Å². The van der Waals surface area contributed by atoms with Gasteiger partial charge in [0.25, 0.3) is 0 Å². The first-order valence-corrected chi connectivity index (χ1v) is 5.93. The van der Waals surface area contributed by atoms with Gasteiger partial charge in [-0.3, -0.25) is 9.55 Å². The van der Waals surface area contributed by atoms with Crippen LogP contribution in [0.5, 0.6) is 0 Å². The average Bonchev–Trinajstić information content (AvgIpc) is 2.66. The molecular weight excluding hydrogens is 210 g/mol. The zero-order valence-corrected chi connectivity index (χ0v) is 10.1. The SMILES string of the molecule is Cc1nc2cnccc2n1C1=CCC(C)C=C1. The lowest BCUT2D eigenvalue weighted by atomic mass is 10.0. The smallest absolute Gasteiger partial charge is 0.111 e. The van der Waals surface area contributed by atoms with Gasteiger partial charge in [0, 0.05) is 11.9 Å². The molecule has 0 amide bonds. The van der Waals surface area contributed by atoms with Crippen molar-refractivity contribution in [3.05, 3.63) is 42.5 Å². The summed E-state index contributed by atoms with van der Waals surface area (Å²) in [6.07, 6.45) is 11.4. The monoisotopic (exact) mass is 225 g/mol. The molecule has 86 valence electrons. The molecule has 0 radical (unpaired) electrons. The second-order valence-corrected chi connectivity index (χ2v) is 4.56. The molecule has 1 aliphatic carbocycles. The van der Waals surface area contributed by atoms with Gasteiger partial charge < -0.3 is 0 Å². The quantitative estimate of drug-likeness (QED) is 0.746. The van der Waals surface area contributed by atoms with E-state index in [1.54, 1.807) is 0 Å². The van der Waals surface area contributed by atoms with Crippen LogP contribution in [0.15, 0.2) is 36.7 Å². The summed E-state index contributed by atoms with van der Waals surface area (Å²) in [5.41, 5.74) is 3.30. The first kappa shape index (κ1) is 10.3. The van der Waals surface area contributed by atoms with Crippen LogP contribution in [0, 0.1) is 12.8 Å². The molecule has 0 saturated heterocycles. The van der Waals surface area contributed by atoms with Crippen LogP contribution < -0.4 is 0 Å². The Morgan fingerprint density at radius 2 is 2.29 bits per heavy atom. The summed E-state index contributed by atoms with van der Waals surface area (Å²) in [5, 5.41) is 0. The van der Waals surface area contributed by atoms with Crippen LogP contribution in [0.1, 0.15) is 19.2 Å². The predicted molar refractivity (Wildman–Crippen MR) is 69.5 cm³/mol. The Bertz CT molecular complexity index is 619. The van der Waals surface area contributed by atoms with Gasteiger partial charge in [-0.15, -0.1) is 0 Å². The van der Waals surface area contributed by atoms with E-state index in [1.807, 2.05) is 25.4 Å². The van der Waals surface area contributed by atoms with Crippen molar-refractivity contribution < 1.29 is 0 Å². The minimum absolute atomic E-state index is 0.635. The van der Waals surface area contributed by atoms with Gasteiger partial charge in [0.1, 0.15) is 11.3 Å². The number of hydrogen-bond donors (Lipinski definition) is 0. The number of aromatic nitrogens is 3. The van der Waals surface area contributed by atoms with Gasteiger partial charge in [-0.1, -0.05) is 19.1 Å². The summed E-state index contributed by atoms with van der Waals surface area (Å²) in [4.78, 5) is 8.64. The molecule has 0 aromatic carbocycles. The first-order chi connectivity index (χ1) is 8.25. The molecule has 0 saturated carbocycles. The van der Waals surface area contributed by atoms with E-state index in [1.165, 1.54) is 5.70 Å². The molecule has 2 heterocycles. The van der Waals surface area contributed by atoms with Crippen LogP contribution in [-0.2, 0) is 0 Å². The molecule has 0 aliphatic heterocycles. The minimum Gasteiger partial charge on any atom is -0.297 e. The van der Waals surface area contributed by atoms with Gasteiger partial charge in [-0.25, -0.2) is 4.98 Å². The summed E-state index contributed by atoms with van der Waals surface area (Å²) in [6.45, 7) is 4.26. The Hall–Kier alpha value is -1.90. The third-order valence-corrected chi connectivity index (χ3v) is 3.18. The molecule has 2 aromatic heterocycles. The zero-order chi connectivity index (χ0) is 11.8. The van der Waals surface area contributed by atoms with Crippen molar-refractivity contribution >= 4 is 16.7 Å². The van der Waals surface area contributed by atoms with Gasteiger partial charge in [-0.2, -0.15) is 0 Å². The third kappa shape index (κ3) is 1.68. The number of aryl methyl sites for hydroxylation is 1. The van der Waals surface area contributed by atoms with Crippen molar-refractivity contribution in [3.8, 4) is 0 Å². The number of rotatable bonds is 1. The van der Waals surface area contributed by atoms with E-state index in [0.29, 0.717) is 5.92 Å². The van der Waals surface area contributed by atoms with Gasteiger partial charge in [0.2, 0.25) is 0 Å². The van der Waals surface area contributed by atoms with Crippen LogP contribution >= 0.6 is 0 Å². The Labute approximate surface area is 101 Å². The third-order valence-electron chi connectivity index (χ3n) is 3.18. The highest BCUT2D eigenvalue weighted by molar-refractivity contribution is 5.81. The maximum Gasteiger partial charge on any atom is 0.111 e. The van der Waals surface area contributed by atoms with Crippen LogP contribution in [-0.4, -0.2) is 14.5 Å². The van der Waals surface area contributed by atoms with E-state index in [9.17, 15) is 0 Å². The predicted octanol–water partition coefficient (Wildman–Crippen LogP) is 3.18. The van der Waals surface area contributed by atoms with Gasteiger partial charge >= 0.3 is 0 Å². The number of nitrogens with zero attached hydrogens (tertiary/aromatic N) is 3. The highest BCUT2D eigenvalue weighted by Gasteiger charge is 2.11. The number of pyridine rings is 1. The number of fused-ring (bicyclic) bond motifs is 1. The van der Waals surface area contributed by atoms with E-state index in [-0.39, 0.29) is 0 Å². The molecule has 2 aromatic rings. The van der Waals surface area contributed by atoms with E-state index >= 15 is 0 Å². The number of hydrogen-bond acceptors (Lipinski definition) is 2. The lowest BCUT2D eigenvalue weighted by Crippen LogP contribution is -2.02. The Kier molecular flexibility index (Phi) is 2.32. The highest BCUT2D eigenvalue weighted by atomic mass is 15.1. The fourth-order valence-corrected chi connectivity index (χ4v) is 2.26. The molecule has 3 heteroatoms. The standard InChI is InChI=1S/C14H15N3/c1-10-3-5-12(6-4-10)17-11(2)16-13-9-15-8-7-14(13)17/h3,5-10H,4H2,1-2H3. The molecule has 0 fully saturated rings. The maximum atomic E-state index is 4.53. The molecule has 17 heavy (non-hydrogen) atoms. The molecule has 0 bridgehead atoms. The average molecular weight is 225 g/mol. The van der Waals surface area contributed by atoms with Crippen LogP contribution in [0.4, 0.5) is 0 Å². The molecule has 3 nitrogen and oxygen atoms in total. The summed E-state index contributed by atoms with van der Waals surface area (Å²) in [5.74, 6) is 1.65. The minimum atomic E-state index is 0.635. The fourth-order valence-electron chi connectivity index (χ4n) is 2.26. The molecule has 1 unspecified atom stereocenters. The molecule has 0 N–H and O–H groups in total. The summed E-state index contributed by atoms with van der Waals surface area (Å²) in [7, 11) is 0. The van der Waals surface area contributed by atoms with Crippen molar-refractivity contribution in [2.45, 2.75) is 20.3 Å². The largest absolute Gasteiger partial charge is 0.297 e.